The van der Waals surface area contributed by atoms with Gasteiger partial charge in [0.15, 0.2) is 0 Å². The van der Waals surface area contributed by atoms with E-state index in [2.05, 4.69) is 28.0 Å². The van der Waals surface area contributed by atoms with E-state index in [0.29, 0.717) is 43.2 Å². The second kappa shape index (κ2) is 9.47. The summed E-state index contributed by atoms with van der Waals surface area (Å²) in [7, 11) is 2.14. The number of carbonyl (C=O) groups is 1. The number of amides is 1. The minimum atomic E-state index is -0.559. The first kappa shape index (κ1) is 23.4. The van der Waals surface area contributed by atoms with Crippen LogP contribution in [0.15, 0.2) is 30.5 Å². The standard InChI is InChI=1S/C28H32F2N4O2/c1-33-10-6-17(7-11-33)25-15-22-26(24(30)16-31-27(22)32-25)18-8-12-34(13-9-18)28(35)21-5-4-20(14-23(21)29)36-19-2-3-19/h4-5,14-19H,2-3,6-13H2,1H3,(H,31,32). The summed E-state index contributed by atoms with van der Waals surface area (Å²) in [5.74, 6) is -0.292. The van der Waals surface area contributed by atoms with Gasteiger partial charge in [0.25, 0.3) is 5.91 Å². The minimum Gasteiger partial charge on any atom is -0.490 e. The van der Waals surface area contributed by atoms with E-state index in [1.807, 2.05) is 0 Å². The highest BCUT2D eigenvalue weighted by molar-refractivity contribution is 5.94. The van der Waals surface area contributed by atoms with Crippen molar-refractivity contribution >= 4 is 16.9 Å². The van der Waals surface area contributed by atoms with E-state index in [-0.39, 0.29) is 29.3 Å². The number of aromatic nitrogens is 2. The maximum Gasteiger partial charge on any atom is 0.256 e. The van der Waals surface area contributed by atoms with Gasteiger partial charge in [-0.15, -0.1) is 0 Å². The topological polar surface area (TPSA) is 61.5 Å². The van der Waals surface area contributed by atoms with Gasteiger partial charge in [-0.05, 0) is 82.8 Å². The van der Waals surface area contributed by atoms with Crippen LogP contribution in [0, 0.1) is 11.6 Å². The van der Waals surface area contributed by atoms with E-state index < -0.39 is 5.82 Å². The van der Waals surface area contributed by atoms with Gasteiger partial charge in [-0.2, -0.15) is 0 Å². The van der Waals surface area contributed by atoms with Gasteiger partial charge in [-0.25, -0.2) is 13.8 Å². The molecule has 1 saturated carbocycles. The molecule has 2 aliphatic heterocycles. The number of likely N-dealkylation sites (tertiary alicyclic amines) is 2. The minimum absolute atomic E-state index is 0.0140. The van der Waals surface area contributed by atoms with Gasteiger partial charge in [0.05, 0.1) is 17.9 Å². The monoisotopic (exact) mass is 494 g/mol. The summed E-state index contributed by atoms with van der Waals surface area (Å²) < 4.78 is 35.4. The Morgan fingerprint density at radius 3 is 2.39 bits per heavy atom. The van der Waals surface area contributed by atoms with Crippen molar-refractivity contribution in [1.29, 1.82) is 0 Å². The van der Waals surface area contributed by atoms with Gasteiger partial charge in [0, 0.05) is 41.7 Å². The van der Waals surface area contributed by atoms with Crippen molar-refractivity contribution < 1.29 is 18.3 Å². The molecule has 3 aliphatic rings. The molecule has 3 fully saturated rings. The van der Waals surface area contributed by atoms with Gasteiger partial charge in [0.2, 0.25) is 0 Å². The summed E-state index contributed by atoms with van der Waals surface area (Å²) in [5, 5.41) is 0.853. The zero-order valence-corrected chi connectivity index (χ0v) is 20.6. The highest BCUT2D eigenvalue weighted by Gasteiger charge is 2.30. The Balaban J connectivity index is 1.16. The number of ether oxygens (including phenoxy) is 1. The quantitative estimate of drug-likeness (QED) is 0.529. The average Bonchev–Trinajstić information content (AvgIpc) is 3.59. The molecule has 2 aromatic heterocycles. The van der Waals surface area contributed by atoms with Crippen LogP contribution in [0.1, 0.15) is 72.0 Å². The first-order valence-electron chi connectivity index (χ1n) is 13.1. The zero-order valence-electron chi connectivity index (χ0n) is 20.6. The van der Waals surface area contributed by atoms with Crippen molar-refractivity contribution in [3.63, 3.8) is 0 Å². The summed E-state index contributed by atoms with van der Waals surface area (Å²) in [5.41, 5.74) is 2.61. The second-order valence-corrected chi connectivity index (χ2v) is 10.6. The Hall–Kier alpha value is -3.00. The van der Waals surface area contributed by atoms with Crippen molar-refractivity contribution in [1.82, 2.24) is 19.8 Å². The Kier molecular flexibility index (Phi) is 6.15. The molecule has 1 N–H and O–H groups in total. The molecule has 0 radical (unpaired) electrons. The molecular formula is C28H32F2N4O2. The zero-order chi connectivity index (χ0) is 24.8. The fourth-order valence-corrected chi connectivity index (χ4v) is 5.71. The number of hydrogen-bond donors (Lipinski definition) is 1. The van der Waals surface area contributed by atoms with Crippen LogP contribution in [0.4, 0.5) is 8.78 Å². The summed E-state index contributed by atoms with van der Waals surface area (Å²) in [4.78, 5) is 24.8. The van der Waals surface area contributed by atoms with Crippen LogP contribution < -0.4 is 4.74 Å². The summed E-state index contributed by atoms with van der Waals surface area (Å²) in [6.07, 6.45) is 6.86. The fourth-order valence-electron chi connectivity index (χ4n) is 5.71. The number of H-pyrrole nitrogens is 1. The lowest BCUT2D eigenvalue weighted by atomic mass is 9.87. The third kappa shape index (κ3) is 4.59. The molecule has 4 heterocycles. The van der Waals surface area contributed by atoms with Gasteiger partial charge in [-0.1, -0.05) is 0 Å². The van der Waals surface area contributed by atoms with Gasteiger partial charge >= 0.3 is 0 Å². The number of nitrogens with one attached hydrogen (secondary N) is 1. The molecule has 0 bridgehead atoms. The normalized spacial score (nSPS) is 20.2. The molecule has 6 nitrogen and oxygen atoms in total. The molecule has 6 rings (SSSR count). The molecule has 1 aromatic carbocycles. The molecule has 0 spiro atoms. The number of aromatic amines is 1. The number of benzene rings is 1. The molecule has 0 unspecified atom stereocenters. The third-order valence-electron chi connectivity index (χ3n) is 8.02. The number of carbonyl (C=O) groups excluding carboxylic acids is 1. The van der Waals surface area contributed by atoms with Gasteiger partial charge < -0.3 is 19.5 Å². The van der Waals surface area contributed by atoms with Crippen LogP contribution in [0.5, 0.6) is 5.75 Å². The highest BCUT2D eigenvalue weighted by atomic mass is 19.1. The summed E-state index contributed by atoms with van der Waals surface area (Å²) in [6.45, 7) is 3.02. The van der Waals surface area contributed by atoms with E-state index in [9.17, 15) is 9.18 Å². The number of piperidine rings is 2. The number of pyridine rings is 1. The van der Waals surface area contributed by atoms with Crippen molar-refractivity contribution in [3.8, 4) is 5.75 Å². The molecule has 1 aliphatic carbocycles. The Morgan fingerprint density at radius 1 is 0.972 bits per heavy atom. The maximum absolute atomic E-state index is 15.1. The Labute approximate surface area is 209 Å². The Morgan fingerprint density at radius 2 is 1.69 bits per heavy atom. The van der Waals surface area contributed by atoms with E-state index in [1.54, 1.807) is 11.0 Å². The van der Waals surface area contributed by atoms with Crippen molar-refractivity contribution in [2.75, 3.05) is 33.2 Å². The van der Waals surface area contributed by atoms with Gasteiger partial charge in [-0.3, -0.25) is 4.79 Å². The van der Waals surface area contributed by atoms with Crippen molar-refractivity contribution in [2.45, 2.75) is 56.5 Å². The van der Waals surface area contributed by atoms with Crippen LogP contribution in [0.3, 0.4) is 0 Å². The number of rotatable bonds is 5. The smallest absolute Gasteiger partial charge is 0.256 e. The molecule has 0 atom stereocenters. The van der Waals surface area contributed by atoms with Gasteiger partial charge in [0.1, 0.15) is 23.0 Å². The highest BCUT2D eigenvalue weighted by Crippen LogP contribution is 2.37. The van der Waals surface area contributed by atoms with Crippen molar-refractivity contribution in [2.24, 2.45) is 0 Å². The lowest BCUT2D eigenvalue weighted by Crippen LogP contribution is -2.38. The SMILES string of the molecule is CN1CCC(c2cc3c(C4CCN(C(=O)c5ccc(OC6CC6)cc5F)CC4)c(F)cnc3[nH]2)CC1. The third-order valence-corrected chi connectivity index (χ3v) is 8.02. The van der Waals surface area contributed by atoms with Crippen LogP contribution in [-0.2, 0) is 0 Å². The molecule has 2 saturated heterocycles. The predicted molar refractivity (Wildman–Crippen MR) is 133 cm³/mol. The largest absolute Gasteiger partial charge is 0.490 e. The number of fused-ring (bicyclic) bond motifs is 1. The molecular weight excluding hydrogens is 462 g/mol. The number of halogens is 2. The first-order valence-corrected chi connectivity index (χ1v) is 13.1. The first-order chi connectivity index (χ1) is 17.5. The van der Waals surface area contributed by atoms with Crippen molar-refractivity contribution in [3.05, 3.63) is 58.9 Å². The number of hydrogen-bond acceptors (Lipinski definition) is 4. The Bertz CT molecular complexity index is 1270. The number of nitrogens with zero attached hydrogens (tertiary/aromatic N) is 3. The van der Waals surface area contributed by atoms with Crippen LogP contribution in [-0.4, -0.2) is 65.0 Å². The van der Waals surface area contributed by atoms with E-state index in [4.69, 9.17) is 4.74 Å². The molecule has 190 valence electrons. The fraction of sp³-hybridized carbons (Fsp3) is 0.500. The van der Waals surface area contributed by atoms with E-state index in [0.717, 1.165) is 55.5 Å². The van der Waals surface area contributed by atoms with Crippen LogP contribution in [0.2, 0.25) is 0 Å². The predicted octanol–water partition coefficient (Wildman–Crippen LogP) is 5.21. The molecule has 8 heteroatoms. The lowest BCUT2D eigenvalue weighted by Gasteiger charge is -2.32. The lowest BCUT2D eigenvalue weighted by molar-refractivity contribution is 0.0708. The summed E-state index contributed by atoms with van der Waals surface area (Å²) in [6, 6.07) is 6.57. The molecule has 1 amide bonds. The van der Waals surface area contributed by atoms with E-state index in [1.165, 1.54) is 18.3 Å². The summed E-state index contributed by atoms with van der Waals surface area (Å²) >= 11 is 0. The van der Waals surface area contributed by atoms with Crippen LogP contribution >= 0.6 is 0 Å². The second-order valence-electron chi connectivity index (χ2n) is 10.6. The van der Waals surface area contributed by atoms with E-state index >= 15 is 4.39 Å². The average molecular weight is 495 g/mol. The molecule has 36 heavy (non-hydrogen) atoms. The molecule has 3 aromatic rings. The van der Waals surface area contributed by atoms with Crippen LogP contribution in [0.25, 0.3) is 11.0 Å². The maximum atomic E-state index is 15.1.